The summed E-state index contributed by atoms with van der Waals surface area (Å²) in [5.41, 5.74) is 1.51. The molecule has 0 bridgehead atoms. The van der Waals surface area contributed by atoms with Crippen molar-refractivity contribution in [1.29, 1.82) is 0 Å². The van der Waals surface area contributed by atoms with Crippen LogP contribution in [-0.2, 0) is 6.54 Å². The third-order valence-electron chi connectivity index (χ3n) is 4.47. The Bertz CT molecular complexity index is 741. The molecule has 0 saturated carbocycles. The lowest BCUT2D eigenvalue weighted by molar-refractivity contribution is 0.0954. The van der Waals surface area contributed by atoms with Gasteiger partial charge in [0.05, 0.1) is 17.8 Å². The minimum Gasteiger partial charge on any atom is -0.364 e. The monoisotopic (exact) mass is 385 g/mol. The van der Waals surface area contributed by atoms with E-state index in [0.717, 1.165) is 50.9 Å². The smallest absolute Gasteiger partial charge is 0.252 e. The van der Waals surface area contributed by atoms with E-state index in [4.69, 9.17) is 4.52 Å². The quantitative estimate of drug-likeness (QED) is 0.409. The summed E-state index contributed by atoms with van der Waals surface area (Å²) in [4.78, 5) is 25.3. The van der Waals surface area contributed by atoms with E-state index in [-0.39, 0.29) is 5.91 Å². The molecular weight excluding hydrogens is 358 g/mol. The van der Waals surface area contributed by atoms with Crippen molar-refractivity contribution in [3.63, 3.8) is 0 Å². The minimum absolute atomic E-state index is 0.130. The first-order valence-corrected chi connectivity index (χ1v) is 9.59. The second kappa shape index (κ2) is 10.4. The van der Waals surface area contributed by atoms with E-state index in [2.05, 4.69) is 42.5 Å². The van der Waals surface area contributed by atoms with Gasteiger partial charge in [-0.15, -0.1) is 0 Å². The number of guanidine groups is 1. The Hall–Kier alpha value is -2.94. The van der Waals surface area contributed by atoms with Gasteiger partial charge in [-0.1, -0.05) is 5.16 Å². The summed E-state index contributed by atoms with van der Waals surface area (Å²) in [6.07, 6.45) is 4.81. The molecule has 2 N–H and O–H groups in total. The molecule has 1 amide bonds. The van der Waals surface area contributed by atoms with Crippen LogP contribution in [0.3, 0.4) is 0 Å². The predicted molar refractivity (Wildman–Crippen MR) is 106 cm³/mol. The Morgan fingerprint density at radius 2 is 2.11 bits per heavy atom. The molecule has 0 aromatic carbocycles. The fraction of sp³-hybridized carbons (Fsp3) is 0.474. The summed E-state index contributed by atoms with van der Waals surface area (Å²) in [7, 11) is 0. The van der Waals surface area contributed by atoms with Gasteiger partial charge >= 0.3 is 0 Å². The second-order valence-corrected chi connectivity index (χ2v) is 6.49. The van der Waals surface area contributed by atoms with Crippen LogP contribution in [0.25, 0.3) is 0 Å². The number of amides is 1. The molecule has 9 heteroatoms. The molecule has 0 unspecified atom stereocenters. The van der Waals surface area contributed by atoms with Crippen molar-refractivity contribution in [2.75, 3.05) is 45.8 Å². The summed E-state index contributed by atoms with van der Waals surface area (Å²) in [5, 5.41) is 10.2. The van der Waals surface area contributed by atoms with E-state index in [9.17, 15) is 4.79 Å². The van der Waals surface area contributed by atoms with Crippen molar-refractivity contribution in [2.24, 2.45) is 4.99 Å². The van der Waals surface area contributed by atoms with Crippen LogP contribution < -0.4 is 10.6 Å². The van der Waals surface area contributed by atoms with Crippen LogP contribution in [0.4, 0.5) is 0 Å². The molecule has 0 radical (unpaired) electrons. The standard InChI is InChI=1S/C19H27N7O2/c1-2-21-19(23-8-7-22-18(27)16-4-3-6-20-14-16)26-11-9-25(10-12-26)15-17-5-13-28-24-17/h3-6,13-14H,2,7-12,15H2,1H3,(H,21,23)(H,22,27). The lowest BCUT2D eigenvalue weighted by atomic mass is 10.3. The van der Waals surface area contributed by atoms with Gasteiger partial charge < -0.3 is 20.1 Å². The summed E-state index contributed by atoms with van der Waals surface area (Å²) >= 11 is 0. The number of hydrogen-bond acceptors (Lipinski definition) is 6. The number of nitrogens with zero attached hydrogens (tertiary/aromatic N) is 5. The summed E-state index contributed by atoms with van der Waals surface area (Å²) in [6, 6.07) is 5.39. The Balaban J connectivity index is 1.44. The van der Waals surface area contributed by atoms with Gasteiger partial charge in [-0.25, -0.2) is 0 Å². The van der Waals surface area contributed by atoms with Crippen molar-refractivity contribution in [2.45, 2.75) is 13.5 Å². The summed E-state index contributed by atoms with van der Waals surface area (Å²) in [6.45, 7) is 8.34. The molecule has 2 aromatic rings. The Labute approximate surface area is 164 Å². The van der Waals surface area contributed by atoms with Gasteiger partial charge in [0, 0.05) is 64.3 Å². The van der Waals surface area contributed by atoms with Crippen molar-refractivity contribution in [1.82, 2.24) is 30.6 Å². The highest BCUT2D eigenvalue weighted by Crippen LogP contribution is 2.07. The van der Waals surface area contributed by atoms with E-state index in [1.54, 1.807) is 30.8 Å². The zero-order valence-electron chi connectivity index (χ0n) is 16.2. The lowest BCUT2D eigenvalue weighted by Crippen LogP contribution is -2.52. The van der Waals surface area contributed by atoms with E-state index in [0.29, 0.717) is 18.7 Å². The van der Waals surface area contributed by atoms with Gasteiger partial charge in [0.2, 0.25) is 0 Å². The third kappa shape index (κ3) is 5.78. The van der Waals surface area contributed by atoms with Crippen molar-refractivity contribution >= 4 is 11.9 Å². The van der Waals surface area contributed by atoms with Crippen LogP contribution in [0, 0.1) is 0 Å². The van der Waals surface area contributed by atoms with E-state index < -0.39 is 0 Å². The van der Waals surface area contributed by atoms with E-state index in [1.807, 2.05) is 6.07 Å². The highest BCUT2D eigenvalue weighted by molar-refractivity contribution is 5.93. The third-order valence-corrected chi connectivity index (χ3v) is 4.47. The number of aromatic nitrogens is 2. The van der Waals surface area contributed by atoms with Crippen LogP contribution in [0.1, 0.15) is 23.0 Å². The average molecular weight is 385 g/mol. The topological polar surface area (TPSA) is 98.9 Å². The first-order valence-electron chi connectivity index (χ1n) is 9.59. The Kier molecular flexibility index (Phi) is 7.36. The molecular formula is C19H27N7O2. The Morgan fingerprint density at radius 1 is 1.25 bits per heavy atom. The Morgan fingerprint density at radius 3 is 2.79 bits per heavy atom. The number of carbonyl (C=O) groups is 1. The predicted octanol–water partition coefficient (Wildman–Crippen LogP) is 0.583. The maximum absolute atomic E-state index is 12.0. The van der Waals surface area contributed by atoms with Crippen LogP contribution in [0.5, 0.6) is 0 Å². The molecule has 0 spiro atoms. The number of carbonyl (C=O) groups excluding carboxylic acids is 1. The van der Waals surface area contributed by atoms with E-state index in [1.165, 1.54) is 0 Å². The zero-order chi connectivity index (χ0) is 19.6. The van der Waals surface area contributed by atoms with Gasteiger partial charge in [0.15, 0.2) is 5.96 Å². The maximum Gasteiger partial charge on any atom is 0.252 e. The molecule has 1 saturated heterocycles. The molecule has 0 atom stereocenters. The summed E-state index contributed by atoms with van der Waals surface area (Å²) < 4.78 is 4.90. The maximum atomic E-state index is 12.0. The molecule has 1 fully saturated rings. The fourth-order valence-electron chi connectivity index (χ4n) is 3.02. The van der Waals surface area contributed by atoms with Crippen LogP contribution in [0.2, 0.25) is 0 Å². The molecule has 9 nitrogen and oxygen atoms in total. The van der Waals surface area contributed by atoms with Gasteiger partial charge in [-0.05, 0) is 19.1 Å². The van der Waals surface area contributed by atoms with Gasteiger partial charge in [-0.2, -0.15) is 0 Å². The number of hydrogen-bond donors (Lipinski definition) is 2. The molecule has 1 aliphatic heterocycles. The van der Waals surface area contributed by atoms with E-state index >= 15 is 0 Å². The minimum atomic E-state index is -0.130. The number of piperazine rings is 1. The van der Waals surface area contributed by atoms with Gasteiger partial charge in [0.25, 0.3) is 5.91 Å². The first kappa shape index (κ1) is 19.8. The first-order chi connectivity index (χ1) is 13.8. The SMILES string of the molecule is CCNC(=NCCNC(=O)c1cccnc1)N1CCN(Cc2ccon2)CC1. The molecule has 150 valence electrons. The van der Waals surface area contributed by atoms with Crippen molar-refractivity contribution in [3.8, 4) is 0 Å². The lowest BCUT2D eigenvalue weighted by Gasteiger charge is -2.36. The fourth-order valence-corrected chi connectivity index (χ4v) is 3.02. The highest BCUT2D eigenvalue weighted by atomic mass is 16.5. The molecule has 3 rings (SSSR count). The average Bonchev–Trinajstić information content (AvgIpc) is 3.24. The van der Waals surface area contributed by atoms with Crippen LogP contribution >= 0.6 is 0 Å². The van der Waals surface area contributed by atoms with Crippen LogP contribution in [-0.4, -0.2) is 77.6 Å². The van der Waals surface area contributed by atoms with Gasteiger partial charge in [-0.3, -0.25) is 19.7 Å². The molecule has 1 aliphatic rings. The highest BCUT2D eigenvalue weighted by Gasteiger charge is 2.20. The number of nitrogens with one attached hydrogen (secondary N) is 2. The molecule has 3 heterocycles. The van der Waals surface area contributed by atoms with Crippen molar-refractivity contribution < 1.29 is 9.32 Å². The van der Waals surface area contributed by atoms with Crippen LogP contribution in [0.15, 0.2) is 46.4 Å². The normalized spacial score (nSPS) is 15.5. The number of pyridine rings is 1. The number of aliphatic imine (C=N–C) groups is 1. The molecule has 28 heavy (non-hydrogen) atoms. The molecule has 0 aliphatic carbocycles. The zero-order valence-corrected chi connectivity index (χ0v) is 16.2. The second-order valence-electron chi connectivity index (χ2n) is 6.49. The van der Waals surface area contributed by atoms with Gasteiger partial charge in [0.1, 0.15) is 6.26 Å². The summed E-state index contributed by atoms with van der Waals surface area (Å²) in [5.74, 6) is 0.758. The largest absolute Gasteiger partial charge is 0.364 e. The number of rotatable bonds is 7. The van der Waals surface area contributed by atoms with Crippen molar-refractivity contribution in [3.05, 3.63) is 48.1 Å². The molecule has 2 aromatic heterocycles.